The lowest BCUT2D eigenvalue weighted by Gasteiger charge is -2.17. The third-order valence-electron chi connectivity index (χ3n) is 3.61. The smallest absolute Gasteiger partial charge is 0.327 e. The van der Waals surface area contributed by atoms with E-state index in [0.717, 1.165) is 4.90 Å². The first kappa shape index (κ1) is 19.5. The predicted octanol–water partition coefficient (Wildman–Crippen LogP) is 1.11. The van der Waals surface area contributed by atoms with Crippen LogP contribution in [0.15, 0.2) is 18.2 Å². The van der Waals surface area contributed by atoms with Crippen LogP contribution in [0.2, 0.25) is 5.02 Å². The summed E-state index contributed by atoms with van der Waals surface area (Å²) >= 11 is 5.98. The normalized spacial score (nSPS) is 15.1. The van der Waals surface area contributed by atoms with E-state index in [1.807, 2.05) is 0 Å². The molecular formula is C16H18ClN3O6. The number of nitrogens with one attached hydrogen (secondary N) is 1. The number of amides is 4. The van der Waals surface area contributed by atoms with Crippen LogP contribution in [0.4, 0.5) is 10.5 Å². The van der Waals surface area contributed by atoms with E-state index in [9.17, 15) is 19.2 Å². The fourth-order valence-electron chi connectivity index (χ4n) is 2.23. The standard InChI is InChI=1S/C16H18ClN3O6/c1-9(15(23)18-10-4-5-12(25-3)11(17)6-10)26-14(22)8-20-13(21)7-19(2)16(20)24/h4-6,9H,7-8H2,1-3H3,(H,18,23)/t9-/m1/s1. The van der Waals surface area contributed by atoms with Crippen LogP contribution in [0.3, 0.4) is 0 Å². The Kier molecular flexibility index (Phi) is 6.04. The minimum absolute atomic E-state index is 0.0968. The van der Waals surface area contributed by atoms with Crippen molar-refractivity contribution in [1.29, 1.82) is 0 Å². The number of hydrogen-bond acceptors (Lipinski definition) is 6. The van der Waals surface area contributed by atoms with Gasteiger partial charge in [0.1, 0.15) is 18.8 Å². The predicted molar refractivity (Wildman–Crippen MR) is 91.9 cm³/mol. The Morgan fingerprint density at radius 1 is 1.35 bits per heavy atom. The highest BCUT2D eigenvalue weighted by molar-refractivity contribution is 6.32. The van der Waals surface area contributed by atoms with Crippen molar-refractivity contribution in [2.24, 2.45) is 0 Å². The highest BCUT2D eigenvalue weighted by Gasteiger charge is 2.35. The molecule has 1 saturated heterocycles. The number of carbonyl (C=O) groups is 4. The Balaban J connectivity index is 1.90. The summed E-state index contributed by atoms with van der Waals surface area (Å²) in [4.78, 5) is 49.3. The van der Waals surface area contributed by atoms with Gasteiger partial charge in [-0.25, -0.2) is 4.79 Å². The van der Waals surface area contributed by atoms with Gasteiger partial charge >= 0.3 is 12.0 Å². The molecule has 1 aliphatic rings. The average Bonchev–Trinajstić information content (AvgIpc) is 2.81. The van der Waals surface area contributed by atoms with Gasteiger partial charge in [0.05, 0.1) is 12.1 Å². The number of anilines is 1. The molecular weight excluding hydrogens is 366 g/mol. The molecule has 9 nitrogen and oxygen atoms in total. The molecule has 10 heteroatoms. The van der Waals surface area contributed by atoms with Crippen molar-refractivity contribution < 1.29 is 28.7 Å². The molecule has 4 amide bonds. The lowest BCUT2D eigenvalue weighted by molar-refractivity contribution is -0.154. The van der Waals surface area contributed by atoms with E-state index in [1.54, 1.807) is 12.1 Å². The molecule has 1 aromatic rings. The molecule has 0 aromatic heterocycles. The maximum absolute atomic E-state index is 12.1. The molecule has 1 aliphatic heterocycles. The van der Waals surface area contributed by atoms with Gasteiger partial charge < -0.3 is 19.7 Å². The molecule has 0 aliphatic carbocycles. The molecule has 140 valence electrons. The number of likely N-dealkylation sites (N-methyl/N-ethyl adjacent to an activating group) is 1. The van der Waals surface area contributed by atoms with Gasteiger partial charge in [-0.05, 0) is 25.1 Å². The Labute approximate surface area is 154 Å². The first-order chi connectivity index (χ1) is 12.2. The second-order valence-corrected chi connectivity index (χ2v) is 6.00. The summed E-state index contributed by atoms with van der Waals surface area (Å²) in [5.41, 5.74) is 0.398. The van der Waals surface area contributed by atoms with Gasteiger partial charge in [-0.1, -0.05) is 11.6 Å². The minimum atomic E-state index is -1.13. The van der Waals surface area contributed by atoms with E-state index < -0.39 is 36.5 Å². The molecule has 0 bridgehead atoms. The maximum atomic E-state index is 12.1. The summed E-state index contributed by atoms with van der Waals surface area (Å²) in [5.74, 6) is -1.50. The second kappa shape index (κ2) is 8.05. The molecule has 1 N–H and O–H groups in total. The number of imide groups is 1. The summed E-state index contributed by atoms with van der Waals surface area (Å²) in [5, 5.41) is 2.86. The van der Waals surface area contributed by atoms with Crippen LogP contribution < -0.4 is 10.1 Å². The average molecular weight is 384 g/mol. The fourth-order valence-corrected chi connectivity index (χ4v) is 2.49. The maximum Gasteiger partial charge on any atom is 0.327 e. The zero-order valence-electron chi connectivity index (χ0n) is 14.4. The summed E-state index contributed by atoms with van der Waals surface area (Å²) in [6.07, 6.45) is -1.13. The summed E-state index contributed by atoms with van der Waals surface area (Å²) < 4.78 is 10.00. The fraction of sp³-hybridized carbons (Fsp3) is 0.375. The number of halogens is 1. The molecule has 0 spiro atoms. The van der Waals surface area contributed by atoms with Gasteiger partial charge in [0.25, 0.3) is 11.8 Å². The lowest BCUT2D eigenvalue weighted by atomic mass is 10.3. The van der Waals surface area contributed by atoms with Gasteiger partial charge in [-0.15, -0.1) is 0 Å². The van der Waals surface area contributed by atoms with Gasteiger partial charge in [0, 0.05) is 12.7 Å². The van der Waals surface area contributed by atoms with Crippen molar-refractivity contribution in [3.8, 4) is 5.75 Å². The summed E-state index contributed by atoms with van der Waals surface area (Å²) in [6, 6.07) is 4.06. The molecule has 0 radical (unpaired) electrons. The third-order valence-corrected chi connectivity index (χ3v) is 3.91. The van der Waals surface area contributed by atoms with Crippen molar-refractivity contribution in [3.63, 3.8) is 0 Å². The molecule has 1 fully saturated rings. The van der Waals surface area contributed by atoms with Gasteiger partial charge in [0.15, 0.2) is 6.10 Å². The molecule has 26 heavy (non-hydrogen) atoms. The zero-order valence-corrected chi connectivity index (χ0v) is 15.2. The van der Waals surface area contributed by atoms with Crippen molar-refractivity contribution in [2.75, 3.05) is 32.6 Å². The number of methoxy groups -OCH3 is 1. The van der Waals surface area contributed by atoms with Crippen LogP contribution >= 0.6 is 11.6 Å². The third kappa shape index (κ3) is 4.42. The number of carbonyl (C=O) groups excluding carboxylic acids is 4. The van der Waals surface area contributed by atoms with Gasteiger partial charge in [-0.2, -0.15) is 0 Å². The van der Waals surface area contributed by atoms with E-state index in [1.165, 1.54) is 32.0 Å². The van der Waals surface area contributed by atoms with Crippen LogP contribution in [0.25, 0.3) is 0 Å². The molecule has 2 rings (SSSR count). The molecule has 0 saturated carbocycles. The zero-order chi connectivity index (χ0) is 19.4. The number of urea groups is 1. The Bertz CT molecular complexity index is 754. The first-order valence-corrected chi connectivity index (χ1v) is 8.00. The topological polar surface area (TPSA) is 105 Å². The van der Waals surface area contributed by atoms with Crippen molar-refractivity contribution in [1.82, 2.24) is 9.80 Å². The monoisotopic (exact) mass is 383 g/mol. The van der Waals surface area contributed by atoms with E-state index in [0.29, 0.717) is 16.5 Å². The van der Waals surface area contributed by atoms with E-state index >= 15 is 0 Å². The number of esters is 1. The SMILES string of the molecule is COc1ccc(NC(=O)[C@@H](C)OC(=O)CN2C(=O)CN(C)C2=O)cc1Cl. The van der Waals surface area contributed by atoms with Crippen LogP contribution in [-0.2, 0) is 19.1 Å². The summed E-state index contributed by atoms with van der Waals surface area (Å²) in [6.45, 7) is 0.729. The Morgan fingerprint density at radius 2 is 2.04 bits per heavy atom. The number of rotatable bonds is 6. The number of ether oxygens (including phenoxy) is 2. The van der Waals surface area contributed by atoms with Crippen molar-refractivity contribution in [2.45, 2.75) is 13.0 Å². The van der Waals surface area contributed by atoms with Crippen LogP contribution in [0, 0.1) is 0 Å². The first-order valence-electron chi connectivity index (χ1n) is 7.62. The van der Waals surface area contributed by atoms with E-state index in [4.69, 9.17) is 21.1 Å². The highest BCUT2D eigenvalue weighted by Crippen LogP contribution is 2.27. The second-order valence-electron chi connectivity index (χ2n) is 5.59. The quantitative estimate of drug-likeness (QED) is 0.582. The molecule has 0 unspecified atom stereocenters. The highest BCUT2D eigenvalue weighted by atomic mass is 35.5. The number of benzene rings is 1. The van der Waals surface area contributed by atoms with Gasteiger partial charge in [0.2, 0.25) is 0 Å². The number of hydrogen-bond donors (Lipinski definition) is 1. The Morgan fingerprint density at radius 3 is 2.58 bits per heavy atom. The molecule has 1 heterocycles. The van der Waals surface area contributed by atoms with E-state index in [2.05, 4.69) is 5.32 Å². The largest absolute Gasteiger partial charge is 0.495 e. The number of nitrogens with zero attached hydrogens (tertiary/aromatic N) is 2. The summed E-state index contributed by atoms with van der Waals surface area (Å²) in [7, 11) is 2.91. The lowest BCUT2D eigenvalue weighted by Crippen LogP contribution is -2.39. The van der Waals surface area contributed by atoms with Crippen molar-refractivity contribution >= 4 is 41.1 Å². The molecule has 1 aromatic carbocycles. The van der Waals surface area contributed by atoms with Gasteiger partial charge in [-0.3, -0.25) is 19.3 Å². The van der Waals surface area contributed by atoms with Crippen LogP contribution in [0.1, 0.15) is 6.92 Å². The van der Waals surface area contributed by atoms with Crippen LogP contribution in [-0.4, -0.2) is 67.0 Å². The van der Waals surface area contributed by atoms with Crippen LogP contribution in [0.5, 0.6) is 5.75 Å². The Hall–Kier alpha value is -2.81. The minimum Gasteiger partial charge on any atom is -0.495 e. The molecule has 1 atom stereocenters. The van der Waals surface area contributed by atoms with E-state index in [-0.39, 0.29) is 6.54 Å². The van der Waals surface area contributed by atoms with Crippen molar-refractivity contribution in [3.05, 3.63) is 23.2 Å².